The van der Waals surface area contributed by atoms with Crippen LogP contribution < -0.4 is 29.6 Å². The van der Waals surface area contributed by atoms with E-state index in [1.807, 2.05) is 0 Å². The highest BCUT2D eigenvalue weighted by Gasteiger charge is 2.22. The van der Waals surface area contributed by atoms with E-state index in [0.717, 1.165) is 51.4 Å². The summed E-state index contributed by atoms with van der Waals surface area (Å²) in [4.78, 5) is 49.1. The number of ether oxygens (including phenoxy) is 4. The van der Waals surface area contributed by atoms with Crippen LogP contribution >= 0.6 is 0 Å². The molecular weight excluding hydrogens is 789 g/mol. The third-order valence-corrected chi connectivity index (χ3v) is 10.9. The van der Waals surface area contributed by atoms with Gasteiger partial charge < -0.3 is 39.8 Å². The minimum atomic E-state index is -1.04. The molecule has 4 N–H and O–H groups in total. The quantitative estimate of drug-likeness (QED) is 0.0472. The van der Waals surface area contributed by atoms with Gasteiger partial charge >= 0.3 is 11.9 Å². The van der Waals surface area contributed by atoms with E-state index in [0.29, 0.717) is 12.8 Å². The van der Waals surface area contributed by atoms with E-state index in [1.54, 1.807) is 48.5 Å². The molecule has 350 valence electrons. The Labute approximate surface area is 372 Å². The summed E-state index contributed by atoms with van der Waals surface area (Å²) in [6, 6.07) is 13.4. The Hall–Kier alpha value is -4.48. The molecule has 0 aliphatic carbocycles. The van der Waals surface area contributed by atoms with Crippen LogP contribution in [0.4, 0.5) is 0 Å². The van der Waals surface area contributed by atoms with Gasteiger partial charge in [-0.15, -0.1) is 0 Å². The number of amides is 2. The highest BCUT2D eigenvalue weighted by molar-refractivity contribution is 5.79. The van der Waals surface area contributed by atoms with E-state index >= 15 is 0 Å². The Bertz CT molecular complexity index is 1380. The summed E-state index contributed by atoms with van der Waals surface area (Å²) < 4.78 is 23.1. The summed E-state index contributed by atoms with van der Waals surface area (Å²) in [5.41, 5.74) is 0. The second-order valence-corrected chi connectivity index (χ2v) is 16.4. The summed E-state index contributed by atoms with van der Waals surface area (Å²) in [5, 5.41) is 25.0. The first-order chi connectivity index (χ1) is 30.2. The second-order valence-electron chi connectivity index (χ2n) is 16.4. The predicted octanol–water partition coefficient (Wildman–Crippen LogP) is 11.2. The summed E-state index contributed by atoms with van der Waals surface area (Å²) in [7, 11) is 0. The molecule has 62 heavy (non-hydrogen) atoms. The van der Waals surface area contributed by atoms with Crippen LogP contribution in [0.2, 0.25) is 0 Å². The summed E-state index contributed by atoms with van der Waals surface area (Å²) in [6.07, 6.45) is 27.3. The van der Waals surface area contributed by atoms with Gasteiger partial charge in [-0.25, -0.2) is 9.59 Å². The smallest absolute Gasteiger partial charge is 0.344 e. The lowest BCUT2D eigenvalue weighted by atomic mass is 10.0. The zero-order chi connectivity index (χ0) is 44.9. The topological polar surface area (TPSA) is 170 Å². The number of carboxylic acid groups (broad SMARTS) is 2. The van der Waals surface area contributed by atoms with Crippen molar-refractivity contribution in [2.75, 3.05) is 26.3 Å². The molecule has 0 aliphatic heterocycles. The molecule has 0 saturated carbocycles. The number of hydrogen-bond acceptors (Lipinski definition) is 8. The number of nitrogens with one attached hydrogen (secondary N) is 2. The van der Waals surface area contributed by atoms with Crippen LogP contribution in [-0.2, 0) is 19.2 Å². The molecule has 2 amide bonds. The van der Waals surface area contributed by atoms with Gasteiger partial charge in [-0.1, -0.05) is 179 Å². The zero-order valence-electron chi connectivity index (χ0n) is 38.1. The monoisotopic (exact) mass is 869 g/mol. The molecule has 0 aliphatic rings. The fourth-order valence-electron chi connectivity index (χ4n) is 7.24. The van der Waals surface area contributed by atoms with Gasteiger partial charge in [0, 0.05) is 13.1 Å². The molecular formula is C50H80N2O10. The van der Waals surface area contributed by atoms with E-state index in [-0.39, 0.29) is 49.3 Å². The van der Waals surface area contributed by atoms with Crippen molar-refractivity contribution in [1.29, 1.82) is 0 Å². The van der Waals surface area contributed by atoms with Crippen LogP contribution in [0.25, 0.3) is 0 Å². The van der Waals surface area contributed by atoms with Crippen LogP contribution in [0.1, 0.15) is 181 Å². The van der Waals surface area contributed by atoms with Crippen molar-refractivity contribution in [3.8, 4) is 23.0 Å². The van der Waals surface area contributed by atoms with Crippen LogP contribution in [0, 0.1) is 0 Å². The zero-order valence-corrected chi connectivity index (χ0v) is 38.1. The average molecular weight is 869 g/mol. The molecule has 2 aromatic carbocycles. The molecule has 2 unspecified atom stereocenters. The number of hydrogen-bond donors (Lipinski definition) is 4. The number of carbonyl (C=O) groups is 4. The summed E-state index contributed by atoms with van der Waals surface area (Å²) in [6.45, 7) is 4.06. The highest BCUT2D eigenvalue weighted by atomic mass is 16.5. The lowest BCUT2D eigenvalue weighted by molar-refractivity contribution is -0.146. The maximum Gasteiger partial charge on any atom is 0.344 e. The molecule has 0 heterocycles. The lowest BCUT2D eigenvalue weighted by Crippen LogP contribution is -2.38. The standard InChI is InChI=1S/C50H80N2O10/c1-3-5-7-9-11-13-15-17-19-21-23-25-35-45(49(55)56)61-43-33-29-27-31-41(43)59-39-47(53)51-37-38-52-48(54)40-60-42-32-28-30-34-44(42)62-46(50(57)58)36-26-24-22-20-18-16-14-12-10-8-6-4-2/h27-34,45-46H,3-26,35-40H2,1-2H3,(H,51,53)(H,52,54)(H,55,56)(H,57,58). The highest BCUT2D eigenvalue weighted by Crippen LogP contribution is 2.30. The molecule has 0 spiro atoms. The summed E-state index contributed by atoms with van der Waals surface area (Å²) in [5.74, 6) is -1.92. The number of rotatable bonds is 41. The molecule has 12 nitrogen and oxygen atoms in total. The lowest BCUT2D eigenvalue weighted by Gasteiger charge is -2.18. The van der Waals surface area contributed by atoms with Crippen LogP contribution in [-0.4, -0.2) is 72.5 Å². The van der Waals surface area contributed by atoms with E-state index < -0.39 is 36.0 Å². The number of para-hydroxylation sites is 4. The minimum Gasteiger partial charge on any atom is -0.480 e. The number of benzene rings is 2. The second kappa shape index (κ2) is 36.0. The van der Waals surface area contributed by atoms with Crippen molar-refractivity contribution >= 4 is 23.8 Å². The molecule has 0 fully saturated rings. The molecule has 0 radical (unpaired) electrons. The first-order valence-electron chi connectivity index (χ1n) is 24.0. The fourth-order valence-corrected chi connectivity index (χ4v) is 7.24. The van der Waals surface area contributed by atoms with E-state index in [1.165, 1.54) is 103 Å². The van der Waals surface area contributed by atoms with Gasteiger partial charge in [0.2, 0.25) is 0 Å². The van der Waals surface area contributed by atoms with Crippen LogP contribution in [0.15, 0.2) is 48.5 Å². The van der Waals surface area contributed by atoms with Crippen molar-refractivity contribution in [1.82, 2.24) is 10.6 Å². The van der Waals surface area contributed by atoms with Crippen molar-refractivity contribution in [2.24, 2.45) is 0 Å². The first kappa shape index (κ1) is 53.7. The van der Waals surface area contributed by atoms with Gasteiger partial charge in [-0.3, -0.25) is 9.59 Å². The van der Waals surface area contributed by atoms with Crippen molar-refractivity contribution in [3.05, 3.63) is 48.5 Å². The number of aliphatic carboxylic acids is 2. The molecule has 0 bridgehead atoms. The van der Waals surface area contributed by atoms with Gasteiger partial charge in [0.1, 0.15) is 0 Å². The van der Waals surface area contributed by atoms with Gasteiger partial charge in [0.25, 0.3) is 11.8 Å². The van der Waals surface area contributed by atoms with E-state index in [2.05, 4.69) is 24.5 Å². The molecule has 0 aromatic heterocycles. The number of unbranched alkanes of at least 4 members (excludes halogenated alkanes) is 22. The van der Waals surface area contributed by atoms with Crippen molar-refractivity contribution in [3.63, 3.8) is 0 Å². The SMILES string of the molecule is CCCCCCCCCCCCCCC(Oc1ccccc1OCC(=O)NCCNC(=O)COc1ccccc1OC(CCCCCCCCCCCCCC)C(=O)O)C(=O)O. The Morgan fingerprint density at radius 2 is 0.710 bits per heavy atom. The Morgan fingerprint density at radius 1 is 0.435 bits per heavy atom. The Balaban J connectivity index is 1.64. The van der Waals surface area contributed by atoms with E-state index in [4.69, 9.17) is 18.9 Å². The fraction of sp³-hybridized carbons (Fsp3) is 0.680. The molecule has 12 heteroatoms. The molecule has 2 atom stereocenters. The number of carbonyl (C=O) groups excluding carboxylic acids is 2. The maximum absolute atomic E-state index is 12.5. The minimum absolute atomic E-state index is 0.130. The van der Waals surface area contributed by atoms with Gasteiger partial charge in [0.15, 0.2) is 48.4 Å². The first-order valence-corrected chi connectivity index (χ1v) is 24.0. The molecule has 2 rings (SSSR count). The Kier molecular flexibility index (Phi) is 31.2. The average Bonchev–Trinajstić information content (AvgIpc) is 3.26. The largest absolute Gasteiger partial charge is 0.480 e. The van der Waals surface area contributed by atoms with Crippen LogP contribution in [0.5, 0.6) is 23.0 Å². The third kappa shape index (κ3) is 26.8. The van der Waals surface area contributed by atoms with Gasteiger partial charge in [-0.2, -0.15) is 0 Å². The van der Waals surface area contributed by atoms with Crippen molar-refractivity contribution in [2.45, 2.75) is 193 Å². The van der Waals surface area contributed by atoms with E-state index in [9.17, 15) is 29.4 Å². The normalized spacial score (nSPS) is 12.0. The molecule has 2 aromatic rings. The third-order valence-electron chi connectivity index (χ3n) is 10.9. The maximum atomic E-state index is 12.5. The van der Waals surface area contributed by atoms with Crippen LogP contribution in [0.3, 0.4) is 0 Å². The molecule has 0 saturated heterocycles. The predicted molar refractivity (Wildman–Crippen MR) is 245 cm³/mol. The number of carboxylic acids is 2. The van der Waals surface area contributed by atoms with Gasteiger partial charge in [0.05, 0.1) is 0 Å². The van der Waals surface area contributed by atoms with Crippen molar-refractivity contribution < 1.29 is 48.3 Å². The van der Waals surface area contributed by atoms with Gasteiger partial charge in [-0.05, 0) is 49.9 Å². The Morgan fingerprint density at radius 3 is 1.00 bits per heavy atom. The summed E-state index contributed by atoms with van der Waals surface area (Å²) >= 11 is 0.